The fourth-order valence-corrected chi connectivity index (χ4v) is 2.19. The van der Waals surface area contributed by atoms with Crippen molar-refractivity contribution in [1.29, 1.82) is 0 Å². The summed E-state index contributed by atoms with van der Waals surface area (Å²) in [5.41, 5.74) is 0. The summed E-state index contributed by atoms with van der Waals surface area (Å²) in [5, 5.41) is 0. The van der Waals surface area contributed by atoms with E-state index in [4.69, 9.17) is 9.11 Å². The third kappa shape index (κ3) is 8.38. The summed E-state index contributed by atoms with van der Waals surface area (Å²) in [4.78, 5) is 0. The van der Waals surface area contributed by atoms with E-state index >= 15 is 0 Å². The van der Waals surface area contributed by atoms with Crippen LogP contribution < -0.4 is 0 Å². The van der Waals surface area contributed by atoms with E-state index in [1.165, 1.54) is 0 Å². The lowest BCUT2D eigenvalue weighted by Gasteiger charge is -2.12. The molecule has 0 aliphatic rings. The first-order valence-electron chi connectivity index (χ1n) is 3.75. The molecule has 0 aromatic carbocycles. The van der Waals surface area contributed by atoms with E-state index in [1.54, 1.807) is 6.92 Å². The Kier molecular flexibility index (Phi) is 4.95. The van der Waals surface area contributed by atoms with Crippen molar-refractivity contribution in [1.82, 2.24) is 0 Å². The van der Waals surface area contributed by atoms with E-state index in [-0.39, 0.29) is 6.42 Å². The standard InChI is InChI=1S/C5H12O7S2/c1-2-3-5(4-13(6,7)8)12-14(9,10)11/h5H,2-4H2,1H3,(H,6,7,8)(H,9,10,11). The van der Waals surface area contributed by atoms with Crippen molar-refractivity contribution in [3.8, 4) is 0 Å². The predicted octanol–water partition coefficient (Wildman–Crippen LogP) is -0.138. The Hall–Kier alpha value is -0.220. The van der Waals surface area contributed by atoms with Crippen LogP contribution >= 0.6 is 0 Å². The van der Waals surface area contributed by atoms with Gasteiger partial charge < -0.3 is 0 Å². The summed E-state index contributed by atoms with van der Waals surface area (Å²) < 4.78 is 62.1. The predicted molar refractivity (Wildman–Crippen MR) is 47.7 cm³/mol. The first-order chi connectivity index (χ1) is 6.14. The van der Waals surface area contributed by atoms with E-state index < -0.39 is 32.4 Å². The van der Waals surface area contributed by atoms with Crippen LogP contribution in [0.3, 0.4) is 0 Å². The van der Waals surface area contributed by atoms with Gasteiger partial charge in [-0.15, -0.1) is 0 Å². The number of rotatable bonds is 6. The van der Waals surface area contributed by atoms with Crippen LogP contribution in [0, 0.1) is 0 Å². The highest BCUT2D eigenvalue weighted by Crippen LogP contribution is 2.07. The molecular formula is C5H12O7S2. The highest BCUT2D eigenvalue weighted by atomic mass is 32.3. The molecule has 2 N–H and O–H groups in total. The molecule has 0 aliphatic carbocycles. The quantitative estimate of drug-likeness (QED) is 0.628. The minimum atomic E-state index is -4.69. The first-order valence-corrected chi connectivity index (χ1v) is 6.72. The van der Waals surface area contributed by atoms with Crippen LogP contribution in [-0.2, 0) is 24.7 Å². The number of hydrogen-bond donors (Lipinski definition) is 2. The molecule has 0 saturated carbocycles. The highest BCUT2D eigenvalue weighted by Gasteiger charge is 2.22. The van der Waals surface area contributed by atoms with Crippen molar-refractivity contribution in [2.75, 3.05) is 5.75 Å². The monoisotopic (exact) mass is 248 g/mol. The van der Waals surface area contributed by atoms with Crippen LogP contribution in [0.4, 0.5) is 0 Å². The van der Waals surface area contributed by atoms with Gasteiger partial charge in [0.25, 0.3) is 10.1 Å². The van der Waals surface area contributed by atoms with Gasteiger partial charge >= 0.3 is 10.4 Å². The Labute approximate surface area is 82.8 Å². The summed E-state index contributed by atoms with van der Waals surface area (Å²) in [6, 6.07) is 0. The molecule has 0 heterocycles. The lowest BCUT2D eigenvalue weighted by molar-refractivity contribution is 0.188. The Morgan fingerprint density at radius 3 is 2.00 bits per heavy atom. The van der Waals surface area contributed by atoms with E-state index in [9.17, 15) is 16.8 Å². The molecule has 0 radical (unpaired) electrons. The van der Waals surface area contributed by atoms with Crippen molar-refractivity contribution < 1.29 is 30.1 Å². The Morgan fingerprint density at radius 2 is 1.71 bits per heavy atom. The molecule has 0 saturated heterocycles. The molecule has 1 unspecified atom stereocenters. The maximum atomic E-state index is 10.4. The zero-order valence-electron chi connectivity index (χ0n) is 7.45. The Bertz CT molecular complexity index is 320. The van der Waals surface area contributed by atoms with Gasteiger partial charge in [-0.3, -0.25) is 9.11 Å². The van der Waals surface area contributed by atoms with E-state index in [0.717, 1.165) is 0 Å². The zero-order chi connectivity index (χ0) is 11.4. The molecule has 86 valence electrons. The van der Waals surface area contributed by atoms with Gasteiger partial charge in [0.05, 0.1) is 6.10 Å². The average molecular weight is 248 g/mol. The van der Waals surface area contributed by atoms with Gasteiger partial charge in [-0.1, -0.05) is 13.3 Å². The van der Waals surface area contributed by atoms with Crippen LogP contribution in [0.15, 0.2) is 0 Å². The molecule has 0 spiro atoms. The normalized spacial score (nSPS) is 15.4. The summed E-state index contributed by atoms with van der Waals surface area (Å²) in [6.07, 6.45) is -0.708. The SMILES string of the molecule is CCCC(CS(=O)(=O)O)OS(=O)(=O)O. The lowest BCUT2D eigenvalue weighted by atomic mass is 10.2. The molecular weight excluding hydrogens is 236 g/mol. The largest absolute Gasteiger partial charge is 0.397 e. The molecule has 0 aliphatic heterocycles. The fourth-order valence-electron chi connectivity index (χ4n) is 0.888. The third-order valence-electron chi connectivity index (χ3n) is 1.26. The smallest absolute Gasteiger partial charge is 0.285 e. The van der Waals surface area contributed by atoms with Crippen LogP contribution in [0.1, 0.15) is 19.8 Å². The minimum Gasteiger partial charge on any atom is -0.285 e. The van der Waals surface area contributed by atoms with Gasteiger partial charge in [0, 0.05) is 0 Å². The summed E-state index contributed by atoms with van der Waals surface area (Å²) >= 11 is 0. The molecule has 0 aromatic rings. The third-order valence-corrected chi connectivity index (χ3v) is 2.57. The molecule has 9 heteroatoms. The second-order valence-electron chi connectivity index (χ2n) is 2.68. The molecule has 1 atom stereocenters. The lowest BCUT2D eigenvalue weighted by Crippen LogP contribution is -2.26. The van der Waals surface area contributed by atoms with Crippen molar-refractivity contribution >= 4 is 20.5 Å². The molecule has 7 nitrogen and oxygen atoms in total. The zero-order valence-corrected chi connectivity index (χ0v) is 9.08. The minimum absolute atomic E-state index is 0.0968. The van der Waals surface area contributed by atoms with Crippen LogP contribution in [0.5, 0.6) is 0 Å². The van der Waals surface area contributed by atoms with Gasteiger partial charge in [-0.25, -0.2) is 4.18 Å². The number of hydrogen-bond acceptors (Lipinski definition) is 5. The van der Waals surface area contributed by atoms with E-state index in [2.05, 4.69) is 4.18 Å². The van der Waals surface area contributed by atoms with Gasteiger partial charge in [-0.05, 0) is 6.42 Å². The van der Waals surface area contributed by atoms with Gasteiger partial charge in [-0.2, -0.15) is 16.8 Å². The van der Waals surface area contributed by atoms with Crippen LogP contribution in [-0.4, -0.2) is 37.8 Å². The average Bonchev–Trinajstić information content (AvgIpc) is 1.78. The summed E-state index contributed by atoms with van der Waals surface area (Å²) in [7, 11) is -9.01. The van der Waals surface area contributed by atoms with Gasteiger partial charge in [0.1, 0.15) is 5.75 Å². The maximum absolute atomic E-state index is 10.4. The van der Waals surface area contributed by atoms with Crippen molar-refractivity contribution in [3.05, 3.63) is 0 Å². The van der Waals surface area contributed by atoms with Gasteiger partial charge in [0.15, 0.2) is 0 Å². The van der Waals surface area contributed by atoms with E-state index in [1.807, 2.05) is 0 Å². The molecule has 14 heavy (non-hydrogen) atoms. The maximum Gasteiger partial charge on any atom is 0.397 e. The molecule has 0 amide bonds. The fraction of sp³-hybridized carbons (Fsp3) is 1.00. The molecule has 0 aromatic heterocycles. The van der Waals surface area contributed by atoms with Crippen LogP contribution in [0.25, 0.3) is 0 Å². The van der Waals surface area contributed by atoms with E-state index in [0.29, 0.717) is 6.42 Å². The second kappa shape index (κ2) is 5.03. The Morgan fingerprint density at radius 1 is 1.21 bits per heavy atom. The second-order valence-corrected chi connectivity index (χ2v) is 5.23. The van der Waals surface area contributed by atoms with Crippen LogP contribution in [0.2, 0.25) is 0 Å². The van der Waals surface area contributed by atoms with Crippen molar-refractivity contribution in [3.63, 3.8) is 0 Å². The summed E-state index contributed by atoms with van der Waals surface area (Å²) in [6.45, 7) is 1.67. The molecule has 0 fully saturated rings. The Balaban J connectivity index is 4.46. The summed E-state index contributed by atoms with van der Waals surface area (Å²) in [5.74, 6) is -0.860. The highest BCUT2D eigenvalue weighted by molar-refractivity contribution is 7.85. The van der Waals surface area contributed by atoms with Crippen molar-refractivity contribution in [2.45, 2.75) is 25.9 Å². The first kappa shape index (κ1) is 13.8. The van der Waals surface area contributed by atoms with Gasteiger partial charge in [0.2, 0.25) is 0 Å². The molecule has 0 bridgehead atoms. The molecule has 0 rings (SSSR count). The van der Waals surface area contributed by atoms with Crippen molar-refractivity contribution in [2.24, 2.45) is 0 Å². The topological polar surface area (TPSA) is 118 Å².